The Kier molecular flexibility index (Phi) is 6.40. The molecule has 0 spiro atoms. The molecule has 0 radical (unpaired) electrons. The maximum Gasteiger partial charge on any atom is 0.416 e. The number of benzene rings is 1. The molecule has 7 heteroatoms. The first-order chi connectivity index (χ1) is 10.4. The molecule has 0 bridgehead atoms. The number of halogens is 3. The quantitative estimate of drug-likeness (QED) is 0.897. The van der Waals surface area contributed by atoms with Crippen LogP contribution in [0.2, 0.25) is 0 Å². The third kappa shape index (κ3) is 5.70. The highest BCUT2D eigenvalue weighted by molar-refractivity contribution is 7.99. The van der Waals surface area contributed by atoms with Crippen molar-refractivity contribution in [1.29, 1.82) is 0 Å². The largest absolute Gasteiger partial charge is 0.491 e. The van der Waals surface area contributed by atoms with E-state index in [9.17, 15) is 18.3 Å². The molecule has 22 heavy (non-hydrogen) atoms. The molecule has 1 unspecified atom stereocenters. The molecule has 3 nitrogen and oxygen atoms in total. The summed E-state index contributed by atoms with van der Waals surface area (Å²) in [5.41, 5.74) is -0.746. The zero-order chi connectivity index (χ0) is 16.0. The zero-order valence-electron chi connectivity index (χ0n) is 12.2. The van der Waals surface area contributed by atoms with E-state index in [1.165, 1.54) is 12.1 Å². The van der Waals surface area contributed by atoms with E-state index < -0.39 is 17.8 Å². The van der Waals surface area contributed by atoms with Crippen LogP contribution in [0.4, 0.5) is 13.2 Å². The van der Waals surface area contributed by atoms with Crippen LogP contribution in [0.15, 0.2) is 24.3 Å². The maximum absolute atomic E-state index is 12.6. The Labute approximate surface area is 132 Å². The van der Waals surface area contributed by atoms with Crippen LogP contribution >= 0.6 is 11.8 Å². The molecule has 0 aromatic heterocycles. The SMILES string of the molecule is OC(COc1cccc(C(F)(F)F)c1)CN1CCCSCC1. The fraction of sp³-hybridized carbons (Fsp3) is 0.600. The van der Waals surface area contributed by atoms with Crippen LogP contribution in [0.5, 0.6) is 5.75 Å². The van der Waals surface area contributed by atoms with Crippen LogP contribution in [-0.2, 0) is 6.18 Å². The lowest BCUT2D eigenvalue weighted by Gasteiger charge is -2.23. The molecule has 1 aromatic rings. The van der Waals surface area contributed by atoms with Crippen LogP contribution < -0.4 is 4.74 Å². The van der Waals surface area contributed by atoms with Gasteiger partial charge in [-0.2, -0.15) is 24.9 Å². The molecular weight excluding hydrogens is 315 g/mol. The molecular formula is C15H20F3NO2S. The number of β-amino-alcohol motifs (C(OH)–C–C–N with tert-alkyl or cyclic N) is 1. The van der Waals surface area contributed by atoms with Crippen molar-refractivity contribution in [1.82, 2.24) is 4.90 Å². The minimum Gasteiger partial charge on any atom is -0.491 e. The van der Waals surface area contributed by atoms with Gasteiger partial charge in [0.2, 0.25) is 0 Å². The van der Waals surface area contributed by atoms with Gasteiger partial charge >= 0.3 is 6.18 Å². The Balaban J connectivity index is 1.81. The van der Waals surface area contributed by atoms with Gasteiger partial charge in [-0.05, 0) is 36.9 Å². The van der Waals surface area contributed by atoms with Crippen molar-refractivity contribution < 1.29 is 23.0 Å². The zero-order valence-corrected chi connectivity index (χ0v) is 13.0. The van der Waals surface area contributed by atoms with Gasteiger partial charge in [0, 0.05) is 18.8 Å². The van der Waals surface area contributed by atoms with Crippen LogP contribution in [0.1, 0.15) is 12.0 Å². The van der Waals surface area contributed by atoms with Gasteiger partial charge in [-0.3, -0.25) is 4.90 Å². The number of alkyl halides is 3. The average Bonchev–Trinajstić information content (AvgIpc) is 2.73. The highest BCUT2D eigenvalue weighted by Gasteiger charge is 2.30. The Bertz CT molecular complexity index is 462. The Morgan fingerprint density at radius 1 is 1.27 bits per heavy atom. The highest BCUT2D eigenvalue weighted by Crippen LogP contribution is 2.31. The number of aliphatic hydroxyl groups excluding tert-OH is 1. The molecule has 1 aliphatic rings. The molecule has 0 amide bonds. The number of ether oxygens (including phenoxy) is 1. The Hall–Kier alpha value is -0.920. The first-order valence-corrected chi connectivity index (χ1v) is 8.39. The molecule has 1 aliphatic heterocycles. The summed E-state index contributed by atoms with van der Waals surface area (Å²) in [4.78, 5) is 2.17. The van der Waals surface area contributed by atoms with E-state index in [2.05, 4.69) is 4.90 Å². The van der Waals surface area contributed by atoms with Gasteiger partial charge in [-0.25, -0.2) is 0 Å². The lowest BCUT2D eigenvalue weighted by atomic mass is 10.2. The van der Waals surface area contributed by atoms with E-state index in [-0.39, 0.29) is 12.4 Å². The average molecular weight is 335 g/mol. The Morgan fingerprint density at radius 3 is 2.86 bits per heavy atom. The smallest absolute Gasteiger partial charge is 0.416 e. The minimum absolute atomic E-state index is 0.00897. The van der Waals surface area contributed by atoms with Gasteiger partial charge in [0.25, 0.3) is 0 Å². The highest BCUT2D eigenvalue weighted by atomic mass is 32.2. The van der Waals surface area contributed by atoms with Crippen LogP contribution in [0.3, 0.4) is 0 Å². The van der Waals surface area contributed by atoms with E-state index in [4.69, 9.17) is 4.74 Å². The van der Waals surface area contributed by atoms with Crippen LogP contribution in [-0.4, -0.2) is 53.9 Å². The molecule has 0 aliphatic carbocycles. The van der Waals surface area contributed by atoms with Gasteiger partial charge in [-0.15, -0.1) is 0 Å². The monoisotopic (exact) mass is 335 g/mol. The summed E-state index contributed by atoms with van der Waals surface area (Å²) in [5.74, 6) is 2.30. The molecule has 1 saturated heterocycles. The van der Waals surface area contributed by atoms with E-state index in [1.54, 1.807) is 0 Å². The van der Waals surface area contributed by atoms with Gasteiger partial charge in [0.15, 0.2) is 0 Å². The van der Waals surface area contributed by atoms with Crippen molar-refractivity contribution in [3.8, 4) is 5.75 Å². The summed E-state index contributed by atoms with van der Waals surface area (Å²) < 4.78 is 43.1. The second-order valence-electron chi connectivity index (χ2n) is 5.26. The van der Waals surface area contributed by atoms with E-state index >= 15 is 0 Å². The lowest BCUT2D eigenvalue weighted by Crippen LogP contribution is -2.36. The Morgan fingerprint density at radius 2 is 2.09 bits per heavy atom. The normalized spacial score (nSPS) is 18.7. The molecule has 1 heterocycles. The fourth-order valence-electron chi connectivity index (χ4n) is 2.29. The third-order valence-corrected chi connectivity index (χ3v) is 4.44. The molecule has 1 fully saturated rings. The van der Waals surface area contributed by atoms with E-state index in [0.717, 1.165) is 43.1 Å². The van der Waals surface area contributed by atoms with Crippen molar-refractivity contribution in [2.24, 2.45) is 0 Å². The molecule has 1 atom stereocenters. The standard InChI is InChI=1S/C15H20F3NO2S/c16-15(17,18)12-3-1-4-14(9-12)21-11-13(20)10-19-5-2-7-22-8-6-19/h1,3-4,9,13,20H,2,5-8,10-11H2. The second kappa shape index (κ2) is 8.08. The maximum atomic E-state index is 12.6. The molecule has 124 valence electrons. The van der Waals surface area contributed by atoms with Crippen LogP contribution in [0, 0.1) is 0 Å². The summed E-state index contributed by atoms with van der Waals surface area (Å²) in [6.45, 7) is 2.34. The first-order valence-electron chi connectivity index (χ1n) is 7.23. The summed E-state index contributed by atoms with van der Waals surface area (Å²) in [6.07, 6.45) is -4.01. The third-order valence-electron chi connectivity index (χ3n) is 3.39. The predicted octanol–water partition coefficient (Wildman–Crippen LogP) is 2.88. The number of hydrogen-bond donors (Lipinski definition) is 1. The lowest BCUT2D eigenvalue weighted by molar-refractivity contribution is -0.137. The van der Waals surface area contributed by atoms with Crippen molar-refractivity contribution in [2.75, 3.05) is 37.7 Å². The van der Waals surface area contributed by atoms with Crippen molar-refractivity contribution in [2.45, 2.75) is 18.7 Å². The minimum atomic E-state index is -4.39. The number of hydrogen-bond acceptors (Lipinski definition) is 4. The topological polar surface area (TPSA) is 32.7 Å². The van der Waals surface area contributed by atoms with E-state index in [0.29, 0.717) is 6.54 Å². The molecule has 0 saturated carbocycles. The van der Waals surface area contributed by atoms with Crippen LogP contribution in [0.25, 0.3) is 0 Å². The van der Waals surface area contributed by atoms with Gasteiger partial charge < -0.3 is 9.84 Å². The molecule has 1 aromatic carbocycles. The summed E-state index contributed by atoms with van der Waals surface area (Å²) in [5, 5.41) is 9.99. The summed E-state index contributed by atoms with van der Waals surface area (Å²) in [6, 6.07) is 4.72. The van der Waals surface area contributed by atoms with Crippen molar-refractivity contribution in [3.05, 3.63) is 29.8 Å². The fourth-order valence-corrected chi connectivity index (χ4v) is 3.21. The number of nitrogens with zero attached hydrogens (tertiary/aromatic N) is 1. The second-order valence-corrected chi connectivity index (χ2v) is 6.48. The summed E-state index contributed by atoms with van der Waals surface area (Å²) >= 11 is 1.90. The van der Waals surface area contributed by atoms with Crippen molar-refractivity contribution >= 4 is 11.8 Å². The first kappa shape index (κ1) is 17.4. The number of aliphatic hydroxyl groups is 1. The molecule has 2 rings (SSSR count). The summed E-state index contributed by atoms with van der Waals surface area (Å²) in [7, 11) is 0. The number of thioether (sulfide) groups is 1. The van der Waals surface area contributed by atoms with Crippen molar-refractivity contribution in [3.63, 3.8) is 0 Å². The van der Waals surface area contributed by atoms with Gasteiger partial charge in [0.05, 0.1) is 5.56 Å². The predicted molar refractivity (Wildman–Crippen MR) is 81.3 cm³/mol. The van der Waals surface area contributed by atoms with Gasteiger partial charge in [-0.1, -0.05) is 6.07 Å². The van der Waals surface area contributed by atoms with E-state index in [1.807, 2.05) is 11.8 Å². The van der Waals surface area contributed by atoms with Gasteiger partial charge in [0.1, 0.15) is 18.5 Å². The number of rotatable bonds is 5. The molecule has 1 N–H and O–H groups in total.